The van der Waals surface area contributed by atoms with Crippen molar-refractivity contribution in [3.63, 3.8) is 0 Å². The van der Waals surface area contributed by atoms with Gasteiger partial charge in [0, 0.05) is 12.1 Å². The molecule has 2 heteroatoms. The summed E-state index contributed by atoms with van der Waals surface area (Å²) in [5.74, 6) is 0. The van der Waals surface area contributed by atoms with E-state index in [9.17, 15) is 0 Å². The maximum absolute atomic E-state index is 3.76. The normalized spacial score (nSPS) is 27.9. The lowest BCUT2D eigenvalue weighted by atomic mass is 10.0. The topological polar surface area (TPSA) is 12.0 Å². The lowest BCUT2D eigenvalue weighted by molar-refractivity contribution is 0.453. The van der Waals surface area contributed by atoms with Gasteiger partial charge in [0.1, 0.15) is 0 Å². The van der Waals surface area contributed by atoms with Gasteiger partial charge in [-0.2, -0.15) is 0 Å². The van der Waals surface area contributed by atoms with Crippen molar-refractivity contribution in [3.8, 4) is 0 Å². The van der Waals surface area contributed by atoms with Crippen LogP contribution in [0.4, 0.5) is 0 Å². The Morgan fingerprint density at radius 1 is 1.46 bits per heavy atom. The largest absolute Gasteiger partial charge is 0.307 e. The SMILES string of the molecule is C=CC[C@@H]1CC(Br)=C[C@@H](CC=C)N1. The molecule has 0 aromatic rings. The molecule has 1 rings (SSSR count). The Kier molecular flexibility index (Phi) is 4.46. The van der Waals surface area contributed by atoms with E-state index in [4.69, 9.17) is 0 Å². The fourth-order valence-electron chi connectivity index (χ4n) is 1.60. The standard InChI is InChI=1S/C11H16BrN/c1-3-5-10-7-9(12)8-11(13-10)6-4-2/h3-4,7,10-11,13H,1-2,5-6,8H2/t10-,11-/m1/s1. The molecular formula is C11H16BrN. The van der Waals surface area contributed by atoms with Gasteiger partial charge in [0.05, 0.1) is 0 Å². The Hall–Kier alpha value is -0.340. The summed E-state index contributed by atoms with van der Waals surface area (Å²) in [4.78, 5) is 0. The van der Waals surface area contributed by atoms with Gasteiger partial charge in [-0.25, -0.2) is 0 Å². The van der Waals surface area contributed by atoms with E-state index in [1.165, 1.54) is 4.48 Å². The molecular weight excluding hydrogens is 226 g/mol. The van der Waals surface area contributed by atoms with Gasteiger partial charge in [-0.15, -0.1) is 13.2 Å². The summed E-state index contributed by atoms with van der Waals surface area (Å²) in [5, 5.41) is 3.54. The van der Waals surface area contributed by atoms with E-state index in [1.807, 2.05) is 12.2 Å². The highest BCUT2D eigenvalue weighted by Crippen LogP contribution is 2.22. The van der Waals surface area contributed by atoms with Crippen LogP contribution in [0.15, 0.2) is 35.9 Å². The molecule has 0 spiro atoms. The van der Waals surface area contributed by atoms with E-state index < -0.39 is 0 Å². The van der Waals surface area contributed by atoms with Crippen molar-refractivity contribution in [1.82, 2.24) is 5.32 Å². The van der Waals surface area contributed by atoms with Crippen molar-refractivity contribution in [3.05, 3.63) is 35.9 Å². The Morgan fingerprint density at radius 3 is 2.77 bits per heavy atom. The van der Waals surface area contributed by atoms with Crippen molar-refractivity contribution in [2.24, 2.45) is 0 Å². The molecule has 72 valence electrons. The number of halogens is 1. The molecule has 0 unspecified atom stereocenters. The first-order valence-electron chi connectivity index (χ1n) is 4.60. The van der Waals surface area contributed by atoms with Crippen LogP contribution in [0.2, 0.25) is 0 Å². The summed E-state index contributed by atoms with van der Waals surface area (Å²) in [6.07, 6.45) is 9.22. The first-order valence-corrected chi connectivity index (χ1v) is 5.39. The Labute approximate surface area is 88.7 Å². The minimum atomic E-state index is 0.436. The number of nitrogens with one attached hydrogen (secondary N) is 1. The average molecular weight is 242 g/mol. The second kappa shape index (κ2) is 5.40. The van der Waals surface area contributed by atoms with Gasteiger partial charge in [0.2, 0.25) is 0 Å². The van der Waals surface area contributed by atoms with Gasteiger partial charge >= 0.3 is 0 Å². The van der Waals surface area contributed by atoms with Crippen LogP contribution in [0, 0.1) is 0 Å². The van der Waals surface area contributed by atoms with Crippen LogP contribution in [0.1, 0.15) is 19.3 Å². The molecule has 1 heterocycles. The zero-order valence-corrected chi connectivity index (χ0v) is 9.39. The van der Waals surface area contributed by atoms with Gasteiger partial charge in [0.25, 0.3) is 0 Å². The molecule has 2 atom stereocenters. The summed E-state index contributed by atoms with van der Waals surface area (Å²) < 4.78 is 1.30. The van der Waals surface area contributed by atoms with Crippen LogP contribution in [-0.2, 0) is 0 Å². The second-order valence-corrected chi connectivity index (χ2v) is 4.36. The van der Waals surface area contributed by atoms with E-state index in [0.717, 1.165) is 19.3 Å². The van der Waals surface area contributed by atoms with Crippen LogP contribution in [-0.4, -0.2) is 12.1 Å². The number of hydrogen-bond donors (Lipinski definition) is 1. The highest BCUT2D eigenvalue weighted by molar-refractivity contribution is 9.11. The van der Waals surface area contributed by atoms with Crippen LogP contribution < -0.4 is 5.32 Å². The molecule has 0 saturated carbocycles. The molecule has 0 aromatic carbocycles. The Morgan fingerprint density at radius 2 is 2.15 bits per heavy atom. The molecule has 0 bridgehead atoms. The second-order valence-electron chi connectivity index (χ2n) is 3.34. The first kappa shape index (κ1) is 10.7. The fourth-order valence-corrected chi connectivity index (χ4v) is 2.31. The van der Waals surface area contributed by atoms with Crippen molar-refractivity contribution in [2.75, 3.05) is 0 Å². The minimum Gasteiger partial charge on any atom is -0.307 e. The zero-order chi connectivity index (χ0) is 9.68. The molecule has 0 aliphatic carbocycles. The predicted molar refractivity (Wildman–Crippen MR) is 62.0 cm³/mol. The number of hydrogen-bond acceptors (Lipinski definition) is 1. The summed E-state index contributed by atoms with van der Waals surface area (Å²) in [7, 11) is 0. The predicted octanol–water partition coefficient (Wildman–Crippen LogP) is 3.15. The van der Waals surface area contributed by atoms with E-state index in [0.29, 0.717) is 12.1 Å². The van der Waals surface area contributed by atoms with Gasteiger partial charge in [-0.1, -0.05) is 34.2 Å². The average Bonchev–Trinajstić information content (AvgIpc) is 2.04. The van der Waals surface area contributed by atoms with E-state index in [-0.39, 0.29) is 0 Å². The summed E-state index contributed by atoms with van der Waals surface area (Å²) >= 11 is 3.56. The minimum absolute atomic E-state index is 0.436. The first-order chi connectivity index (χ1) is 6.26. The van der Waals surface area contributed by atoms with Crippen molar-refractivity contribution in [2.45, 2.75) is 31.3 Å². The Balaban J connectivity index is 2.53. The molecule has 0 radical (unpaired) electrons. The van der Waals surface area contributed by atoms with Crippen molar-refractivity contribution in [1.29, 1.82) is 0 Å². The third-order valence-electron chi connectivity index (χ3n) is 2.14. The monoisotopic (exact) mass is 241 g/mol. The summed E-state index contributed by atoms with van der Waals surface area (Å²) in [6.45, 7) is 7.50. The van der Waals surface area contributed by atoms with Gasteiger partial charge in [-0.05, 0) is 23.7 Å². The van der Waals surface area contributed by atoms with Crippen LogP contribution >= 0.6 is 15.9 Å². The zero-order valence-electron chi connectivity index (χ0n) is 7.80. The molecule has 13 heavy (non-hydrogen) atoms. The fraction of sp³-hybridized carbons (Fsp3) is 0.455. The summed E-state index contributed by atoms with van der Waals surface area (Å²) in [6, 6.07) is 0.965. The van der Waals surface area contributed by atoms with Crippen LogP contribution in [0.3, 0.4) is 0 Å². The molecule has 0 aromatic heterocycles. The highest BCUT2D eigenvalue weighted by Gasteiger charge is 2.18. The maximum Gasteiger partial charge on any atom is 0.0297 e. The third-order valence-corrected chi connectivity index (χ3v) is 2.73. The molecule has 0 saturated heterocycles. The van der Waals surface area contributed by atoms with Gasteiger partial charge in [0.15, 0.2) is 0 Å². The lowest BCUT2D eigenvalue weighted by Gasteiger charge is -2.27. The smallest absolute Gasteiger partial charge is 0.0297 e. The summed E-state index contributed by atoms with van der Waals surface area (Å²) in [5.41, 5.74) is 0. The van der Waals surface area contributed by atoms with E-state index >= 15 is 0 Å². The lowest BCUT2D eigenvalue weighted by Crippen LogP contribution is -2.39. The molecule has 0 fully saturated rings. The van der Waals surface area contributed by atoms with Crippen molar-refractivity contribution >= 4 is 15.9 Å². The highest BCUT2D eigenvalue weighted by atomic mass is 79.9. The van der Waals surface area contributed by atoms with Gasteiger partial charge in [-0.3, -0.25) is 0 Å². The quantitative estimate of drug-likeness (QED) is 0.747. The molecule has 1 nitrogen and oxygen atoms in total. The van der Waals surface area contributed by atoms with Crippen LogP contribution in [0.25, 0.3) is 0 Å². The molecule has 1 aliphatic rings. The Bertz CT molecular complexity index is 220. The third kappa shape index (κ3) is 3.49. The number of rotatable bonds is 4. The molecule has 0 amide bonds. The van der Waals surface area contributed by atoms with Crippen molar-refractivity contribution < 1.29 is 0 Å². The van der Waals surface area contributed by atoms with Crippen LogP contribution in [0.5, 0.6) is 0 Å². The molecule has 1 N–H and O–H groups in total. The van der Waals surface area contributed by atoms with E-state index in [1.54, 1.807) is 0 Å². The maximum atomic E-state index is 3.76. The molecule has 1 aliphatic heterocycles. The van der Waals surface area contributed by atoms with Gasteiger partial charge < -0.3 is 5.32 Å². The van der Waals surface area contributed by atoms with E-state index in [2.05, 4.69) is 40.5 Å².